The van der Waals surface area contributed by atoms with Gasteiger partial charge >= 0.3 is 6.03 Å². The number of carbonyl (C=O) groups is 2. The van der Waals surface area contributed by atoms with Crippen molar-refractivity contribution in [1.29, 1.82) is 0 Å². The number of nitrogens with two attached hydrogens (primary N) is 1. The minimum Gasteiger partial charge on any atom is -0.497 e. The number of benzene rings is 1. The average Bonchev–Trinajstić information content (AvgIpc) is 2.77. The van der Waals surface area contributed by atoms with E-state index in [0.717, 1.165) is 24.5 Å². The molecule has 29 heavy (non-hydrogen) atoms. The minimum absolute atomic E-state index is 0.0751. The van der Waals surface area contributed by atoms with Crippen molar-refractivity contribution in [1.82, 2.24) is 20.2 Å². The van der Waals surface area contributed by atoms with E-state index in [0.29, 0.717) is 24.3 Å². The van der Waals surface area contributed by atoms with Crippen molar-refractivity contribution in [3.8, 4) is 5.75 Å². The number of rotatable bonds is 5. The highest BCUT2D eigenvalue weighted by Gasteiger charge is 2.26. The molecule has 3 rings (SSSR count). The van der Waals surface area contributed by atoms with Gasteiger partial charge in [-0.1, -0.05) is 0 Å². The molecule has 1 aromatic carbocycles. The Hall–Kier alpha value is -3.17. The van der Waals surface area contributed by atoms with E-state index >= 15 is 0 Å². The number of nitrogens with one attached hydrogen (secondary N) is 1. The number of hydrogen-bond donors (Lipinski definition) is 2. The largest absolute Gasteiger partial charge is 0.497 e. The van der Waals surface area contributed by atoms with Crippen molar-refractivity contribution in [2.45, 2.75) is 6.54 Å². The number of urea groups is 1. The lowest BCUT2D eigenvalue weighted by atomic mass is 10.2. The Morgan fingerprint density at radius 3 is 2.38 bits per heavy atom. The number of likely N-dealkylation sites (N-methyl/N-ethyl adjacent to an activating group) is 1. The highest BCUT2D eigenvalue weighted by molar-refractivity contribution is 5.93. The number of nitrogens with zero attached hydrogens (tertiary/aromatic N) is 4. The molecule has 2 aromatic rings. The molecule has 0 radical (unpaired) electrons. The maximum absolute atomic E-state index is 13.3. The first-order valence-corrected chi connectivity index (χ1v) is 9.36. The second-order valence-corrected chi connectivity index (χ2v) is 6.87. The molecule has 1 fully saturated rings. The summed E-state index contributed by atoms with van der Waals surface area (Å²) in [6.07, 6.45) is 1.45. The molecule has 9 nitrogen and oxygen atoms in total. The highest BCUT2D eigenvalue weighted by Crippen LogP contribution is 2.23. The molecule has 0 atom stereocenters. The topological polar surface area (TPSA) is 104 Å². The molecule has 1 aliphatic heterocycles. The molecule has 0 spiro atoms. The van der Waals surface area contributed by atoms with E-state index in [1.807, 2.05) is 36.2 Å². The lowest BCUT2D eigenvalue weighted by Crippen LogP contribution is -2.52. The number of hydrogen-bond acceptors (Lipinski definition) is 6. The standard InChI is InChI=1S/C20H26N6O3/c1-24-9-11-25(12-10-24)20(28)26(17-5-7-18(29-2)8-6-17)14-16-4-3-15(13-22-16)19(27)23-21/h3-8,13H,9-12,14,21H2,1-2H3,(H,23,27). The number of ether oxygens (including phenoxy) is 1. The van der Waals surface area contributed by atoms with E-state index < -0.39 is 5.91 Å². The summed E-state index contributed by atoms with van der Waals surface area (Å²) in [5, 5.41) is 0. The Morgan fingerprint density at radius 2 is 1.83 bits per heavy atom. The van der Waals surface area contributed by atoms with Gasteiger partial charge in [-0.05, 0) is 43.4 Å². The first-order chi connectivity index (χ1) is 14.0. The fourth-order valence-electron chi connectivity index (χ4n) is 3.10. The van der Waals surface area contributed by atoms with Crippen molar-refractivity contribution in [3.05, 3.63) is 53.9 Å². The first-order valence-electron chi connectivity index (χ1n) is 9.36. The van der Waals surface area contributed by atoms with Crippen molar-refractivity contribution in [3.63, 3.8) is 0 Å². The van der Waals surface area contributed by atoms with Gasteiger partial charge < -0.3 is 14.5 Å². The summed E-state index contributed by atoms with van der Waals surface area (Å²) in [4.78, 5) is 34.9. The number of hydrazine groups is 1. The van der Waals surface area contributed by atoms with Crippen LogP contribution in [0.3, 0.4) is 0 Å². The van der Waals surface area contributed by atoms with Gasteiger partial charge in [0.1, 0.15) is 5.75 Å². The normalized spacial score (nSPS) is 14.4. The van der Waals surface area contributed by atoms with Crippen molar-refractivity contribution < 1.29 is 14.3 Å². The minimum atomic E-state index is -0.412. The Labute approximate surface area is 170 Å². The van der Waals surface area contributed by atoms with Crippen LogP contribution in [0.4, 0.5) is 10.5 Å². The van der Waals surface area contributed by atoms with Gasteiger partial charge in [0.2, 0.25) is 0 Å². The molecular weight excluding hydrogens is 372 g/mol. The van der Waals surface area contributed by atoms with E-state index in [-0.39, 0.29) is 12.6 Å². The summed E-state index contributed by atoms with van der Waals surface area (Å²) in [6, 6.07) is 10.6. The predicted octanol–water partition coefficient (Wildman–Crippen LogP) is 1.07. The quantitative estimate of drug-likeness (QED) is 0.444. The van der Waals surface area contributed by atoms with E-state index in [4.69, 9.17) is 10.6 Å². The molecule has 1 aliphatic rings. The maximum Gasteiger partial charge on any atom is 0.324 e. The Kier molecular flexibility index (Phi) is 6.63. The van der Waals surface area contributed by atoms with Gasteiger partial charge in [0.05, 0.1) is 24.9 Å². The molecule has 0 unspecified atom stereocenters. The maximum atomic E-state index is 13.3. The zero-order chi connectivity index (χ0) is 20.8. The second kappa shape index (κ2) is 9.35. The number of nitrogen functional groups attached to an aromatic ring is 1. The van der Waals surface area contributed by atoms with E-state index in [2.05, 4.69) is 15.3 Å². The lowest BCUT2D eigenvalue weighted by Gasteiger charge is -2.36. The van der Waals surface area contributed by atoms with Gasteiger partial charge in [0.15, 0.2) is 0 Å². The van der Waals surface area contributed by atoms with Gasteiger partial charge in [0, 0.05) is 38.1 Å². The first kappa shape index (κ1) is 20.6. The number of anilines is 1. The van der Waals surface area contributed by atoms with Crippen molar-refractivity contribution in [2.75, 3.05) is 45.2 Å². The smallest absolute Gasteiger partial charge is 0.324 e. The number of piperazine rings is 1. The molecule has 2 heterocycles. The molecule has 1 saturated heterocycles. The van der Waals surface area contributed by atoms with Crippen LogP contribution in [0.25, 0.3) is 0 Å². The van der Waals surface area contributed by atoms with Crippen LogP contribution in [0, 0.1) is 0 Å². The highest BCUT2D eigenvalue weighted by atomic mass is 16.5. The van der Waals surface area contributed by atoms with E-state index in [9.17, 15) is 9.59 Å². The number of methoxy groups -OCH3 is 1. The molecular formula is C20H26N6O3. The van der Waals surface area contributed by atoms with Crippen LogP contribution in [0.15, 0.2) is 42.6 Å². The molecule has 0 bridgehead atoms. The van der Waals surface area contributed by atoms with Crippen molar-refractivity contribution >= 4 is 17.6 Å². The zero-order valence-corrected chi connectivity index (χ0v) is 16.7. The monoisotopic (exact) mass is 398 g/mol. The van der Waals surface area contributed by atoms with Gasteiger partial charge in [-0.3, -0.25) is 20.1 Å². The molecule has 3 amide bonds. The van der Waals surface area contributed by atoms with Gasteiger partial charge in [-0.25, -0.2) is 10.6 Å². The summed E-state index contributed by atoms with van der Waals surface area (Å²) < 4.78 is 5.22. The zero-order valence-electron chi connectivity index (χ0n) is 16.7. The van der Waals surface area contributed by atoms with Gasteiger partial charge in [-0.15, -0.1) is 0 Å². The van der Waals surface area contributed by atoms with Crippen molar-refractivity contribution in [2.24, 2.45) is 5.84 Å². The number of aromatic nitrogens is 1. The Morgan fingerprint density at radius 1 is 1.14 bits per heavy atom. The van der Waals surface area contributed by atoms with Crippen LogP contribution in [0.5, 0.6) is 5.75 Å². The molecule has 3 N–H and O–H groups in total. The Bertz CT molecular complexity index is 832. The average molecular weight is 398 g/mol. The molecule has 1 aromatic heterocycles. The molecule has 0 aliphatic carbocycles. The molecule has 0 saturated carbocycles. The fraction of sp³-hybridized carbons (Fsp3) is 0.350. The molecule has 154 valence electrons. The van der Waals surface area contributed by atoms with Gasteiger partial charge in [0.25, 0.3) is 5.91 Å². The lowest BCUT2D eigenvalue weighted by molar-refractivity contribution is 0.0953. The summed E-state index contributed by atoms with van der Waals surface area (Å²) in [5.74, 6) is 5.46. The van der Waals surface area contributed by atoms with Crippen LogP contribution in [-0.4, -0.2) is 67.1 Å². The number of pyridine rings is 1. The molecule has 9 heteroatoms. The van der Waals surface area contributed by atoms with Crippen LogP contribution >= 0.6 is 0 Å². The summed E-state index contributed by atoms with van der Waals surface area (Å²) in [7, 11) is 3.65. The van der Waals surface area contributed by atoms with Gasteiger partial charge in [-0.2, -0.15) is 0 Å². The van der Waals surface area contributed by atoms with Crippen LogP contribution < -0.4 is 20.9 Å². The van der Waals surface area contributed by atoms with Crippen LogP contribution in [0.1, 0.15) is 16.1 Å². The third-order valence-electron chi connectivity index (χ3n) is 4.93. The summed E-state index contributed by atoms with van der Waals surface area (Å²) in [6.45, 7) is 3.30. The van der Waals surface area contributed by atoms with E-state index in [1.54, 1.807) is 24.1 Å². The predicted molar refractivity (Wildman–Crippen MR) is 110 cm³/mol. The van der Waals surface area contributed by atoms with Crippen LogP contribution in [-0.2, 0) is 6.54 Å². The second-order valence-electron chi connectivity index (χ2n) is 6.87. The number of carbonyl (C=O) groups excluding carboxylic acids is 2. The third-order valence-corrected chi connectivity index (χ3v) is 4.93. The summed E-state index contributed by atoms with van der Waals surface area (Å²) >= 11 is 0. The Balaban J connectivity index is 1.83. The summed E-state index contributed by atoms with van der Waals surface area (Å²) in [5.41, 5.74) is 3.85. The fourth-order valence-corrected chi connectivity index (χ4v) is 3.10. The third kappa shape index (κ3) is 5.01. The number of amides is 3. The van der Waals surface area contributed by atoms with Crippen LogP contribution in [0.2, 0.25) is 0 Å². The van der Waals surface area contributed by atoms with E-state index in [1.165, 1.54) is 6.20 Å². The SMILES string of the molecule is COc1ccc(N(Cc2ccc(C(=O)NN)cn2)C(=O)N2CCN(C)CC2)cc1.